The Balaban J connectivity index is 0.000000236. The molecular weight excluding hydrogens is 1060 g/mol. The highest BCUT2D eigenvalue weighted by Crippen LogP contribution is 2.55. The van der Waals surface area contributed by atoms with E-state index < -0.39 is 152 Å². The van der Waals surface area contributed by atoms with Crippen LogP contribution >= 0.6 is 7.26 Å². The Bertz CT molecular complexity index is 3140. The van der Waals surface area contributed by atoms with Gasteiger partial charge in [0.1, 0.15) is 82.0 Å². The van der Waals surface area contributed by atoms with Gasteiger partial charge in [0.15, 0.2) is 69.8 Å². The van der Waals surface area contributed by atoms with E-state index in [0.29, 0.717) is 17.3 Å². The molecule has 0 spiro atoms. The fraction of sp³-hybridized carbons (Fsp3) is 0.0196. The van der Waals surface area contributed by atoms with Crippen molar-refractivity contribution in [1.82, 2.24) is 0 Å². The van der Waals surface area contributed by atoms with Crippen LogP contribution in [0.3, 0.4) is 0 Å². The van der Waals surface area contributed by atoms with E-state index in [-0.39, 0.29) is 5.78 Å². The van der Waals surface area contributed by atoms with Gasteiger partial charge in [0.25, 0.3) is 0 Å². The van der Waals surface area contributed by atoms with E-state index in [0.717, 1.165) is 0 Å². The van der Waals surface area contributed by atoms with Crippen molar-refractivity contribution in [2.45, 2.75) is 0 Å². The number of nitrogens with zero attached hydrogens (tertiary/aromatic N) is 1. The second-order valence-corrected chi connectivity index (χ2v) is 19.4. The van der Waals surface area contributed by atoms with E-state index in [9.17, 15) is 62.7 Å². The average Bonchev–Trinajstić information content (AvgIpc) is 3.43. The number of halogens is 20. The van der Waals surface area contributed by atoms with Crippen LogP contribution in [-0.2, 0) is 0 Å². The molecule has 0 heterocycles. The zero-order valence-corrected chi connectivity index (χ0v) is 37.5. The number of benzene rings is 8. The normalized spacial score (nSPS) is 11.6. The SMILES string of the molecule is Fc1c(F)c(F)c([B-](c2c(F)c(F)c(F)c(F)c2F)(c2c(F)c(F)c(F)c(F)c2F)c2c(F)c(F)c(F)c(F)c2F)c(F)c1F.N#Cc1cccc(C(=O)C[P+](c2ccccc2)(c2ccccc2)c2ccccc2)c1. The van der Waals surface area contributed by atoms with Gasteiger partial charge in [0.2, 0.25) is 5.78 Å². The lowest BCUT2D eigenvalue weighted by molar-refractivity contribution is 0.102. The predicted octanol–water partition coefficient (Wildman–Crippen LogP) is 10.6. The third kappa shape index (κ3) is 8.83. The van der Waals surface area contributed by atoms with Gasteiger partial charge in [-0.05, 0) is 48.5 Å². The van der Waals surface area contributed by atoms with Crippen LogP contribution in [0.4, 0.5) is 87.8 Å². The van der Waals surface area contributed by atoms with Crippen molar-refractivity contribution < 1.29 is 92.6 Å². The molecule has 24 heteroatoms. The number of Topliss-reactive ketones (excluding diaryl/α,β-unsaturated/α-hetero) is 1. The van der Waals surface area contributed by atoms with Crippen LogP contribution in [0.2, 0.25) is 0 Å². The minimum Gasteiger partial charge on any atom is -0.290 e. The first-order valence-electron chi connectivity index (χ1n) is 20.8. The van der Waals surface area contributed by atoms with Crippen molar-refractivity contribution in [1.29, 1.82) is 5.26 Å². The number of rotatable bonds is 10. The Kier molecular flexibility index (Phi) is 15.4. The highest BCUT2D eigenvalue weighted by Gasteiger charge is 2.53. The molecule has 0 saturated carbocycles. The first kappa shape index (κ1) is 54.8. The van der Waals surface area contributed by atoms with Crippen molar-refractivity contribution in [2.24, 2.45) is 0 Å². The highest BCUT2D eigenvalue weighted by molar-refractivity contribution is 7.96. The van der Waals surface area contributed by atoms with Crippen LogP contribution in [0.5, 0.6) is 0 Å². The number of carbonyl (C=O) groups excluding carboxylic acids is 1. The van der Waals surface area contributed by atoms with Gasteiger partial charge in [-0.2, -0.15) is 5.26 Å². The van der Waals surface area contributed by atoms with E-state index in [4.69, 9.17) is 0 Å². The molecule has 0 fully saturated rings. The summed E-state index contributed by atoms with van der Waals surface area (Å²) in [5.41, 5.74) is -13.2. The maximum atomic E-state index is 15.4. The van der Waals surface area contributed by atoms with Gasteiger partial charge in [0.05, 0.1) is 11.6 Å². The van der Waals surface area contributed by atoms with Crippen LogP contribution in [0.1, 0.15) is 15.9 Å². The summed E-state index contributed by atoms with van der Waals surface area (Å²) < 4.78 is 294. The lowest BCUT2D eigenvalue weighted by Gasteiger charge is -2.44. The average molecular weight is 1090 g/mol. The molecule has 0 aliphatic heterocycles. The van der Waals surface area contributed by atoms with Gasteiger partial charge in [-0.3, -0.25) is 4.79 Å². The fourth-order valence-electron chi connectivity index (χ4n) is 8.71. The second-order valence-electron chi connectivity index (χ2n) is 15.9. The van der Waals surface area contributed by atoms with Gasteiger partial charge >= 0.3 is 0 Å². The molecular formula is C51H21BF20NOP. The Morgan fingerprint density at radius 1 is 0.347 bits per heavy atom. The van der Waals surface area contributed by atoms with Crippen molar-refractivity contribution in [3.05, 3.63) is 243 Å². The number of carbonyl (C=O) groups is 1. The molecule has 0 atom stereocenters. The van der Waals surface area contributed by atoms with Crippen LogP contribution < -0.4 is 37.8 Å². The largest absolute Gasteiger partial charge is 0.290 e. The van der Waals surface area contributed by atoms with E-state index in [1.54, 1.807) is 24.3 Å². The molecule has 0 radical (unpaired) electrons. The summed E-state index contributed by atoms with van der Waals surface area (Å²) in [5.74, 6) is -71.4. The van der Waals surface area contributed by atoms with Crippen molar-refractivity contribution in [3.63, 3.8) is 0 Å². The summed E-state index contributed by atoms with van der Waals surface area (Å²) in [5, 5.41) is 12.8. The first-order valence-corrected chi connectivity index (χ1v) is 22.7. The van der Waals surface area contributed by atoms with E-state index in [1.165, 1.54) is 15.9 Å². The van der Waals surface area contributed by atoms with Crippen molar-refractivity contribution >= 4 is 57.0 Å². The van der Waals surface area contributed by atoms with E-state index >= 15 is 35.1 Å². The maximum absolute atomic E-state index is 15.4. The molecule has 0 aromatic heterocycles. The quantitative estimate of drug-likeness (QED) is 0.0342. The summed E-state index contributed by atoms with van der Waals surface area (Å²) >= 11 is 0. The lowest BCUT2D eigenvalue weighted by Crippen LogP contribution is -2.81. The van der Waals surface area contributed by atoms with Gasteiger partial charge < -0.3 is 0 Å². The molecule has 8 aromatic rings. The topological polar surface area (TPSA) is 40.9 Å². The summed E-state index contributed by atoms with van der Waals surface area (Å²) in [6.45, 7) is 0. The number of hydrogen-bond acceptors (Lipinski definition) is 2. The standard InChI is InChI=1S/C27H21NOP.C24BF20/c28-20-22-11-10-12-23(19-22)27(29)21-30(24-13-4-1-5-14-24,25-15-6-2-7-16-25)26-17-8-3-9-18-26;26-5-1(6(27)14(35)21(42)13(5)34)25(2-7(28)15(36)22(43)16(37)8(2)29,3-9(30)17(38)23(44)18(39)10(3)31)4-11(32)19(40)24(45)20(41)12(4)33/h1-19H,21H2;/q+1;-1. The molecule has 0 amide bonds. The van der Waals surface area contributed by atoms with Crippen LogP contribution in [-0.4, -0.2) is 18.1 Å². The summed E-state index contributed by atoms with van der Waals surface area (Å²) in [6.07, 6.45) is -6.84. The van der Waals surface area contributed by atoms with Crippen molar-refractivity contribution in [2.75, 3.05) is 6.16 Å². The smallest absolute Gasteiger partial charge is 0.201 e. The van der Waals surface area contributed by atoms with Gasteiger partial charge in [-0.15, -0.1) is 21.9 Å². The Morgan fingerprint density at radius 3 is 0.827 bits per heavy atom. The van der Waals surface area contributed by atoms with E-state index in [1.807, 2.05) is 54.6 Å². The molecule has 8 rings (SSSR count). The third-order valence-corrected chi connectivity index (χ3v) is 16.3. The van der Waals surface area contributed by atoms with Gasteiger partial charge in [0, 0.05) is 5.56 Å². The Labute approximate surface area is 409 Å². The minimum atomic E-state index is -7.22. The molecule has 0 N–H and O–H groups in total. The Hall–Kier alpha value is -7.99. The van der Waals surface area contributed by atoms with Crippen LogP contribution in [0, 0.1) is 128 Å². The second kappa shape index (κ2) is 21.1. The lowest BCUT2D eigenvalue weighted by atomic mass is 9.12. The molecule has 0 bridgehead atoms. The van der Waals surface area contributed by atoms with Gasteiger partial charge in [-0.25, -0.2) is 87.8 Å². The zero-order valence-electron chi connectivity index (χ0n) is 36.6. The molecule has 384 valence electrons. The highest BCUT2D eigenvalue weighted by atomic mass is 31.2. The molecule has 8 aromatic carbocycles. The third-order valence-electron chi connectivity index (χ3n) is 12.0. The van der Waals surface area contributed by atoms with Gasteiger partial charge in [-0.1, -0.05) is 66.7 Å². The first-order chi connectivity index (χ1) is 35.4. The number of ketones is 1. The maximum Gasteiger partial charge on any atom is 0.201 e. The number of nitriles is 1. The van der Waals surface area contributed by atoms with E-state index in [2.05, 4.69) is 42.5 Å². The summed E-state index contributed by atoms with van der Waals surface area (Å²) in [4.78, 5) is 13.6. The summed E-state index contributed by atoms with van der Waals surface area (Å²) in [6, 6.07) is 40.2. The minimum absolute atomic E-state index is 0.0528. The molecule has 0 aliphatic rings. The molecule has 75 heavy (non-hydrogen) atoms. The zero-order chi connectivity index (χ0) is 55.2. The fourth-order valence-corrected chi connectivity index (χ4v) is 12.8. The molecule has 0 unspecified atom stereocenters. The molecule has 0 saturated heterocycles. The summed E-state index contributed by atoms with van der Waals surface area (Å²) in [7, 11) is -2.23. The number of hydrogen-bond donors (Lipinski definition) is 0. The molecule has 0 aliphatic carbocycles. The molecule has 2 nitrogen and oxygen atoms in total. The predicted molar refractivity (Wildman–Crippen MR) is 235 cm³/mol. The monoisotopic (exact) mass is 1090 g/mol. The Morgan fingerprint density at radius 2 is 0.587 bits per heavy atom. The van der Waals surface area contributed by atoms with Crippen molar-refractivity contribution in [3.8, 4) is 6.07 Å². The van der Waals surface area contributed by atoms with Crippen LogP contribution in [0.15, 0.2) is 115 Å². The van der Waals surface area contributed by atoms with Crippen LogP contribution in [0.25, 0.3) is 0 Å².